The molecule has 0 aliphatic rings. The number of ether oxygens (including phenoxy) is 2. The maximum absolute atomic E-state index is 12.3. The minimum atomic E-state index is -0.704. The van der Waals surface area contributed by atoms with Crippen LogP contribution in [0.3, 0.4) is 0 Å². The molecule has 1 amide bonds. The third-order valence-corrected chi connectivity index (χ3v) is 4.77. The van der Waals surface area contributed by atoms with Crippen molar-refractivity contribution in [2.45, 2.75) is 0 Å². The molecule has 32 heavy (non-hydrogen) atoms. The number of aromatic nitrogens is 2. The molecule has 3 N–H and O–H groups in total. The van der Waals surface area contributed by atoms with Gasteiger partial charge in [0, 0.05) is 6.07 Å². The maximum Gasteiger partial charge on any atom is 0.355 e. The molecule has 0 fully saturated rings. The molecule has 0 aliphatic carbocycles. The third-order valence-electron chi connectivity index (χ3n) is 4.14. The SMILES string of the molecule is COc1cc(OC)c(Nc2ncnc(NNC(=O)c3ccccc3Cl)c2[N+](=O)[O-])cc1Cl. The Morgan fingerprint density at radius 3 is 2.38 bits per heavy atom. The fraction of sp³-hybridized carbons (Fsp3) is 0.105. The summed E-state index contributed by atoms with van der Waals surface area (Å²) in [7, 11) is 2.86. The predicted molar refractivity (Wildman–Crippen MR) is 119 cm³/mol. The highest BCUT2D eigenvalue weighted by molar-refractivity contribution is 6.33. The lowest BCUT2D eigenvalue weighted by Gasteiger charge is -2.14. The van der Waals surface area contributed by atoms with E-state index in [2.05, 4.69) is 26.1 Å². The molecule has 0 spiro atoms. The molecule has 3 aromatic rings. The first kappa shape index (κ1) is 22.8. The Morgan fingerprint density at radius 2 is 1.72 bits per heavy atom. The van der Waals surface area contributed by atoms with Gasteiger partial charge in [-0.2, -0.15) is 0 Å². The van der Waals surface area contributed by atoms with Crippen molar-refractivity contribution in [1.29, 1.82) is 0 Å². The van der Waals surface area contributed by atoms with E-state index in [0.717, 1.165) is 6.33 Å². The lowest BCUT2D eigenvalue weighted by molar-refractivity contribution is -0.383. The second-order valence-corrected chi connectivity index (χ2v) is 6.86. The summed E-state index contributed by atoms with van der Waals surface area (Å²) in [6, 6.07) is 9.32. The van der Waals surface area contributed by atoms with Gasteiger partial charge in [-0.05, 0) is 18.2 Å². The number of amides is 1. The number of anilines is 3. The van der Waals surface area contributed by atoms with E-state index in [1.807, 2.05) is 0 Å². The molecule has 13 heteroatoms. The molecule has 0 saturated heterocycles. The molecule has 0 saturated carbocycles. The molecule has 1 heterocycles. The number of nitrogens with zero attached hydrogens (tertiary/aromatic N) is 3. The van der Waals surface area contributed by atoms with Crippen LogP contribution in [0.15, 0.2) is 42.7 Å². The molecule has 0 unspecified atom stereocenters. The van der Waals surface area contributed by atoms with Crippen LogP contribution in [-0.4, -0.2) is 35.0 Å². The zero-order valence-electron chi connectivity index (χ0n) is 16.7. The van der Waals surface area contributed by atoms with Crippen molar-refractivity contribution in [1.82, 2.24) is 15.4 Å². The molecule has 166 valence electrons. The van der Waals surface area contributed by atoms with Gasteiger partial charge in [-0.3, -0.25) is 25.8 Å². The monoisotopic (exact) mass is 478 g/mol. The Kier molecular flexibility index (Phi) is 7.13. The lowest BCUT2D eigenvalue weighted by Crippen LogP contribution is -2.30. The second kappa shape index (κ2) is 9.98. The Labute approximate surface area is 191 Å². The second-order valence-electron chi connectivity index (χ2n) is 6.05. The van der Waals surface area contributed by atoms with Crippen LogP contribution >= 0.6 is 23.2 Å². The number of nitro groups is 1. The van der Waals surface area contributed by atoms with Crippen molar-refractivity contribution in [2.24, 2.45) is 0 Å². The smallest absolute Gasteiger partial charge is 0.355 e. The van der Waals surface area contributed by atoms with Gasteiger partial charge >= 0.3 is 5.69 Å². The van der Waals surface area contributed by atoms with Crippen LogP contribution in [0.5, 0.6) is 11.5 Å². The van der Waals surface area contributed by atoms with Gasteiger partial charge in [0.15, 0.2) is 0 Å². The van der Waals surface area contributed by atoms with Crippen LogP contribution in [0, 0.1) is 10.1 Å². The quantitative estimate of drug-likeness (QED) is 0.320. The van der Waals surface area contributed by atoms with Crippen LogP contribution in [-0.2, 0) is 0 Å². The Balaban J connectivity index is 1.90. The fourth-order valence-corrected chi connectivity index (χ4v) is 3.11. The summed E-state index contributed by atoms with van der Waals surface area (Å²) in [6.07, 6.45) is 1.08. The van der Waals surface area contributed by atoms with Gasteiger partial charge in [0.1, 0.15) is 17.8 Å². The first-order chi connectivity index (χ1) is 15.3. The van der Waals surface area contributed by atoms with Crippen LogP contribution in [0.2, 0.25) is 10.0 Å². The van der Waals surface area contributed by atoms with Gasteiger partial charge in [-0.25, -0.2) is 9.97 Å². The molecule has 0 atom stereocenters. The molecule has 2 aromatic carbocycles. The molecule has 11 nitrogen and oxygen atoms in total. The number of hydrogen-bond donors (Lipinski definition) is 3. The number of carbonyl (C=O) groups excluding carboxylic acids is 1. The Bertz CT molecular complexity index is 1180. The van der Waals surface area contributed by atoms with Crippen LogP contribution in [0.4, 0.5) is 23.0 Å². The molecule has 0 radical (unpaired) electrons. The zero-order chi connectivity index (χ0) is 23.3. The van der Waals surface area contributed by atoms with Crippen molar-refractivity contribution in [3.63, 3.8) is 0 Å². The van der Waals surface area contributed by atoms with E-state index in [-0.39, 0.29) is 27.2 Å². The molecule has 0 bridgehead atoms. The van der Waals surface area contributed by atoms with Gasteiger partial charge in [0.25, 0.3) is 5.91 Å². The number of benzene rings is 2. The number of hydrazine groups is 1. The number of nitrogens with one attached hydrogen (secondary N) is 3. The number of halogens is 2. The highest BCUT2D eigenvalue weighted by Gasteiger charge is 2.25. The Hall–Kier alpha value is -3.83. The molecule has 1 aromatic heterocycles. The summed E-state index contributed by atoms with van der Waals surface area (Å²) in [6.45, 7) is 0. The van der Waals surface area contributed by atoms with Gasteiger partial charge in [0.05, 0.1) is 40.4 Å². The first-order valence-corrected chi connectivity index (χ1v) is 9.60. The zero-order valence-corrected chi connectivity index (χ0v) is 18.2. The van der Waals surface area contributed by atoms with E-state index in [4.69, 9.17) is 32.7 Å². The highest BCUT2D eigenvalue weighted by atomic mass is 35.5. The summed E-state index contributed by atoms with van der Waals surface area (Å²) >= 11 is 12.2. The summed E-state index contributed by atoms with van der Waals surface area (Å²) < 4.78 is 10.4. The number of hydrogen-bond acceptors (Lipinski definition) is 9. The third kappa shape index (κ3) is 4.90. The summed E-state index contributed by atoms with van der Waals surface area (Å²) in [5, 5.41) is 15.0. The van der Waals surface area contributed by atoms with Gasteiger partial charge < -0.3 is 14.8 Å². The number of rotatable bonds is 8. The van der Waals surface area contributed by atoms with Crippen molar-refractivity contribution >= 4 is 52.1 Å². The first-order valence-electron chi connectivity index (χ1n) is 8.84. The molecular formula is C19H16Cl2N6O5. The average Bonchev–Trinajstić information content (AvgIpc) is 2.77. The lowest BCUT2D eigenvalue weighted by atomic mass is 10.2. The fourth-order valence-electron chi connectivity index (χ4n) is 2.65. The largest absolute Gasteiger partial charge is 0.495 e. The molecular weight excluding hydrogens is 463 g/mol. The van der Waals surface area contributed by atoms with E-state index < -0.39 is 16.5 Å². The van der Waals surface area contributed by atoms with Crippen LogP contribution < -0.4 is 25.6 Å². The standard InChI is InChI=1S/C19H16Cl2N6O5/c1-31-14-8-15(32-2)13(7-12(14)21)24-17-16(27(29)30)18(23-9-22-17)25-26-19(28)10-5-3-4-6-11(10)20/h3-9H,1-2H3,(H,26,28)(H2,22,23,24,25). The van der Waals surface area contributed by atoms with Crippen molar-refractivity contribution in [2.75, 3.05) is 25.0 Å². The molecule has 3 rings (SSSR count). The Morgan fingerprint density at radius 1 is 1.03 bits per heavy atom. The van der Waals surface area contributed by atoms with Gasteiger partial charge in [0.2, 0.25) is 11.6 Å². The predicted octanol–water partition coefficient (Wildman–Crippen LogP) is 4.21. The van der Waals surface area contributed by atoms with Crippen molar-refractivity contribution in [3.8, 4) is 11.5 Å². The topological polar surface area (TPSA) is 141 Å². The highest BCUT2D eigenvalue weighted by Crippen LogP contribution is 2.39. The summed E-state index contributed by atoms with van der Waals surface area (Å²) in [4.78, 5) is 31.2. The van der Waals surface area contributed by atoms with E-state index >= 15 is 0 Å². The normalized spacial score (nSPS) is 10.2. The van der Waals surface area contributed by atoms with E-state index in [1.54, 1.807) is 18.2 Å². The minimum Gasteiger partial charge on any atom is -0.495 e. The minimum absolute atomic E-state index is 0.168. The number of carbonyl (C=O) groups is 1. The van der Waals surface area contributed by atoms with E-state index in [1.165, 1.54) is 32.4 Å². The van der Waals surface area contributed by atoms with Crippen molar-refractivity contribution in [3.05, 3.63) is 68.4 Å². The van der Waals surface area contributed by atoms with Crippen LogP contribution in [0.1, 0.15) is 10.4 Å². The average molecular weight is 479 g/mol. The van der Waals surface area contributed by atoms with Gasteiger partial charge in [-0.15, -0.1) is 0 Å². The van der Waals surface area contributed by atoms with Gasteiger partial charge in [-0.1, -0.05) is 35.3 Å². The number of methoxy groups -OCH3 is 2. The summed E-state index contributed by atoms with van der Waals surface area (Å²) in [5.41, 5.74) is 4.71. The molecule has 0 aliphatic heterocycles. The van der Waals surface area contributed by atoms with Crippen LogP contribution in [0.25, 0.3) is 0 Å². The summed E-state index contributed by atoms with van der Waals surface area (Å²) in [5.74, 6) is -0.372. The maximum atomic E-state index is 12.3. The van der Waals surface area contributed by atoms with E-state index in [0.29, 0.717) is 17.2 Å². The van der Waals surface area contributed by atoms with E-state index in [9.17, 15) is 14.9 Å². The van der Waals surface area contributed by atoms with Crippen molar-refractivity contribution < 1.29 is 19.2 Å².